The summed E-state index contributed by atoms with van der Waals surface area (Å²) in [6, 6.07) is 10.3. The number of carbonyl (C=O) groups excluding carboxylic acids is 2. The second-order valence-corrected chi connectivity index (χ2v) is 5.23. The van der Waals surface area contributed by atoms with Crippen molar-refractivity contribution in [2.45, 2.75) is 6.54 Å². The van der Waals surface area contributed by atoms with Crippen LogP contribution in [0.5, 0.6) is 0 Å². The van der Waals surface area contributed by atoms with Crippen molar-refractivity contribution in [1.82, 2.24) is 19.3 Å². The van der Waals surface area contributed by atoms with E-state index >= 15 is 0 Å². The van der Waals surface area contributed by atoms with Gasteiger partial charge in [-0.1, -0.05) is 12.1 Å². The minimum Gasteiger partial charge on any atom is -0.276 e. The summed E-state index contributed by atoms with van der Waals surface area (Å²) in [6.07, 6.45) is 1.74. The molecule has 0 saturated heterocycles. The molecule has 7 heteroatoms. The molecule has 0 unspecified atom stereocenters. The highest BCUT2D eigenvalue weighted by Gasteiger charge is 2.35. The molecule has 0 fully saturated rings. The summed E-state index contributed by atoms with van der Waals surface area (Å²) in [5, 5.41) is 0.238. The second-order valence-electron chi connectivity index (χ2n) is 4.89. The van der Waals surface area contributed by atoms with Crippen LogP contribution in [0.3, 0.4) is 0 Å². The highest BCUT2D eigenvalue weighted by Crippen LogP contribution is 2.24. The van der Waals surface area contributed by atoms with Gasteiger partial charge in [-0.25, -0.2) is 9.97 Å². The number of carbonyl (C=O) groups is 2. The van der Waals surface area contributed by atoms with Gasteiger partial charge in [-0.2, -0.15) is 0 Å². The van der Waals surface area contributed by atoms with Gasteiger partial charge in [0.25, 0.3) is 11.8 Å². The molecule has 2 amide bonds. The van der Waals surface area contributed by atoms with Crippen LogP contribution in [-0.4, -0.2) is 31.1 Å². The lowest BCUT2D eigenvalue weighted by molar-refractivity contribution is 0.0638. The third kappa shape index (κ3) is 1.81. The van der Waals surface area contributed by atoms with Crippen molar-refractivity contribution >= 4 is 29.1 Å². The lowest BCUT2D eigenvalue weighted by Gasteiger charge is -2.13. The summed E-state index contributed by atoms with van der Waals surface area (Å²) >= 11 is 6.07. The highest BCUT2D eigenvalue weighted by molar-refractivity contribution is 6.28. The predicted octanol–water partition coefficient (Wildman–Crippen LogP) is 2.18. The summed E-state index contributed by atoms with van der Waals surface area (Å²) in [6.45, 7) is -0.00620. The van der Waals surface area contributed by atoms with Gasteiger partial charge in [-0.15, -0.1) is 0 Å². The normalized spacial score (nSPS) is 14.0. The van der Waals surface area contributed by atoms with Crippen LogP contribution >= 0.6 is 11.6 Å². The molecule has 0 aliphatic carbocycles. The monoisotopic (exact) mass is 312 g/mol. The van der Waals surface area contributed by atoms with Gasteiger partial charge < -0.3 is 0 Å². The zero-order valence-corrected chi connectivity index (χ0v) is 12.0. The summed E-state index contributed by atoms with van der Waals surface area (Å²) in [5.74, 6) is -0.350. The first-order valence-corrected chi connectivity index (χ1v) is 6.97. The van der Waals surface area contributed by atoms with Crippen molar-refractivity contribution in [1.29, 1.82) is 0 Å². The van der Waals surface area contributed by atoms with E-state index in [0.29, 0.717) is 22.6 Å². The van der Waals surface area contributed by atoms with Crippen LogP contribution in [0.4, 0.5) is 0 Å². The Morgan fingerprint density at radius 2 is 1.64 bits per heavy atom. The minimum atomic E-state index is -0.337. The SMILES string of the molecule is O=C1c2ccccc2C(=O)N1Cc1nc(Cl)n2cccc2n1. The van der Waals surface area contributed by atoms with Gasteiger partial charge in [-0.3, -0.25) is 18.9 Å². The molecule has 0 saturated carbocycles. The molecule has 0 spiro atoms. The smallest absolute Gasteiger partial charge is 0.261 e. The first-order chi connectivity index (χ1) is 10.6. The van der Waals surface area contributed by atoms with E-state index in [4.69, 9.17) is 11.6 Å². The van der Waals surface area contributed by atoms with Crippen molar-refractivity contribution in [2.75, 3.05) is 0 Å². The fourth-order valence-corrected chi connectivity index (χ4v) is 2.77. The third-order valence-corrected chi connectivity index (χ3v) is 3.84. The molecule has 2 aromatic heterocycles. The number of hydrogen-bond acceptors (Lipinski definition) is 4. The molecule has 108 valence electrons. The number of fused-ring (bicyclic) bond motifs is 2. The first kappa shape index (κ1) is 13.0. The van der Waals surface area contributed by atoms with Crippen LogP contribution < -0.4 is 0 Å². The van der Waals surface area contributed by atoms with Gasteiger partial charge in [0, 0.05) is 6.20 Å². The van der Waals surface area contributed by atoms with Crippen molar-refractivity contribution in [2.24, 2.45) is 0 Å². The van der Waals surface area contributed by atoms with Crippen molar-refractivity contribution in [3.05, 3.63) is 64.8 Å². The lowest BCUT2D eigenvalue weighted by Crippen LogP contribution is -2.30. The molecule has 0 bridgehead atoms. The average Bonchev–Trinajstić information content (AvgIpc) is 3.08. The molecule has 1 aromatic carbocycles. The number of nitrogens with zero attached hydrogens (tertiary/aromatic N) is 4. The van der Waals surface area contributed by atoms with E-state index < -0.39 is 0 Å². The highest BCUT2D eigenvalue weighted by atomic mass is 35.5. The van der Waals surface area contributed by atoms with Crippen molar-refractivity contribution < 1.29 is 9.59 Å². The van der Waals surface area contributed by atoms with Crippen molar-refractivity contribution in [3.63, 3.8) is 0 Å². The molecule has 0 N–H and O–H groups in total. The Kier molecular flexibility index (Phi) is 2.74. The quantitative estimate of drug-likeness (QED) is 0.680. The number of imide groups is 1. The molecule has 0 radical (unpaired) electrons. The van der Waals surface area contributed by atoms with Gasteiger partial charge >= 0.3 is 0 Å². The van der Waals surface area contributed by atoms with Gasteiger partial charge in [0.1, 0.15) is 5.65 Å². The molecular formula is C15H9ClN4O2. The molecule has 4 rings (SSSR count). The molecule has 0 atom stereocenters. The fourth-order valence-electron chi connectivity index (χ4n) is 2.53. The Morgan fingerprint density at radius 3 is 2.32 bits per heavy atom. The Labute approximate surface area is 130 Å². The van der Waals surface area contributed by atoms with Crippen LogP contribution in [0, 0.1) is 0 Å². The first-order valence-electron chi connectivity index (χ1n) is 6.60. The molecule has 22 heavy (non-hydrogen) atoms. The van der Waals surface area contributed by atoms with Crippen LogP contribution in [0.2, 0.25) is 5.28 Å². The van der Waals surface area contributed by atoms with E-state index in [2.05, 4.69) is 9.97 Å². The maximum absolute atomic E-state index is 12.3. The largest absolute Gasteiger partial charge is 0.276 e. The minimum absolute atomic E-state index is 0.00620. The maximum atomic E-state index is 12.3. The molecule has 1 aliphatic rings. The van der Waals surface area contributed by atoms with E-state index in [-0.39, 0.29) is 23.6 Å². The summed E-state index contributed by atoms with van der Waals surface area (Å²) in [7, 11) is 0. The molecule has 1 aliphatic heterocycles. The average molecular weight is 313 g/mol. The number of hydrogen-bond donors (Lipinski definition) is 0. The number of amides is 2. The molecule has 6 nitrogen and oxygen atoms in total. The fraction of sp³-hybridized carbons (Fsp3) is 0.0667. The Balaban J connectivity index is 1.72. The Hall–Kier alpha value is -2.73. The molecule has 3 heterocycles. The van der Waals surface area contributed by atoms with Crippen LogP contribution in [0.1, 0.15) is 26.5 Å². The number of rotatable bonds is 2. The molecule has 3 aromatic rings. The van der Waals surface area contributed by atoms with E-state index in [1.54, 1.807) is 47.0 Å². The van der Waals surface area contributed by atoms with Crippen LogP contribution in [0.15, 0.2) is 42.6 Å². The second kappa shape index (κ2) is 4.64. The van der Waals surface area contributed by atoms with Gasteiger partial charge in [0.2, 0.25) is 5.28 Å². The third-order valence-electron chi connectivity index (χ3n) is 3.57. The van der Waals surface area contributed by atoms with E-state index in [1.807, 2.05) is 0 Å². The molecular weight excluding hydrogens is 304 g/mol. The zero-order chi connectivity index (χ0) is 15.3. The Morgan fingerprint density at radius 1 is 0.955 bits per heavy atom. The number of aromatic nitrogens is 3. The van der Waals surface area contributed by atoms with Gasteiger partial charge in [0.05, 0.1) is 17.7 Å². The van der Waals surface area contributed by atoms with Gasteiger partial charge in [-0.05, 0) is 35.9 Å². The standard InChI is InChI=1S/C15H9ClN4O2/c16-15-18-11(17-12-6-3-7-19(12)15)8-20-13(21)9-4-1-2-5-10(9)14(20)22/h1-7H,8H2. The Bertz CT molecular complexity index is 899. The van der Waals surface area contributed by atoms with E-state index in [9.17, 15) is 9.59 Å². The van der Waals surface area contributed by atoms with Crippen LogP contribution in [0.25, 0.3) is 5.65 Å². The number of halogens is 1. The van der Waals surface area contributed by atoms with Gasteiger partial charge in [0.15, 0.2) is 5.82 Å². The van der Waals surface area contributed by atoms with Crippen LogP contribution in [-0.2, 0) is 6.54 Å². The predicted molar refractivity (Wildman–Crippen MR) is 78.6 cm³/mol. The summed E-state index contributed by atoms with van der Waals surface area (Å²) in [5.41, 5.74) is 1.43. The topological polar surface area (TPSA) is 67.6 Å². The lowest BCUT2D eigenvalue weighted by atomic mass is 10.1. The maximum Gasteiger partial charge on any atom is 0.261 e. The summed E-state index contributed by atoms with van der Waals surface area (Å²) < 4.78 is 1.62. The van der Waals surface area contributed by atoms with Crippen molar-refractivity contribution in [3.8, 4) is 0 Å². The zero-order valence-electron chi connectivity index (χ0n) is 11.2. The summed E-state index contributed by atoms with van der Waals surface area (Å²) in [4.78, 5) is 34.2. The van der Waals surface area contributed by atoms with E-state index in [0.717, 1.165) is 4.90 Å². The number of benzene rings is 1. The van der Waals surface area contributed by atoms with E-state index in [1.165, 1.54) is 0 Å².